The number of H-pyrrole nitrogens is 1. The lowest BCUT2D eigenvalue weighted by Crippen LogP contribution is -2.58. The number of esters is 1. The minimum Gasteiger partial charge on any atom is -0.511 e. The Bertz CT molecular complexity index is 2040. The molecule has 59 heavy (non-hydrogen) atoms. The van der Waals surface area contributed by atoms with Crippen LogP contribution >= 0.6 is 23.2 Å². The van der Waals surface area contributed by atoms with E-state index in [-0.39, 0.29) is 69.3 Å². The molecular weight excluding hydrogens is 799 g/mol. The van der Waals surface area contributed by atoms with Gasteiger partial charge in [-0.05, 0) is 89.0 Å². The highest BCUT2D eigenvalue weighted by Gasteiger charge is 2.67. The van der Waals surface area contributed by atoms with Gasteiger partial charge in [0.2, 0.25) is 5.78 Å². The molecular formula is C45H56Cl2N2O10. The van der Waals surface area contributed by atoms with E-state index in [0.29, 0.717) is 32.1 Å². The molecule has 2 aliphatic heterocycles. The third-order valence-electron chi connectivity index (χ3n) is 14.4. The highest BCUT2D eigenvalue weighted by molar-refractivity contribution is 6.36. The lowest BCUT2D eigenvalue weighted by Gasteiger charge is -2.55. The number of carboxylic acids is 1. The maximum Gasteiger partial charge on any atom is 0.346 e. The molecule has 1 saturated carbocycles. The zero-order chi connectivity index (χ0) is 42.8. The molecule has 12 nitrogen and oxygen atoms in total. The number of carbonyl (C=O) groups is 4. The number of nitrogens with one attached hydrogen (secondary N) is 2. The zero-order valence-electron chi connectivity index (χ0n) is 34.4. The molecule has 2 bridgehead atoms. The van der Waals surface area contributed by atoms with Gasteiger partial charge in [-0.15, -0.1) is 0 Å². The van der Waals surface area contributed by atoms with E-state index in [2.05, 4.69) is 41.5 Å². The molecule has 1 spiro atoms. The van der Waals surface area contributed by atoms with E-state index in [1.165, 1.54) is 6.07 Å². The topological polar surface area (TPSA) is 184 Å². The molecule has 320 valence electrons. The first-order chi connectivity index (χ1) is 27.9. The summed E-state index contributed by atoms with van der Waals surface area (Å²) >= 11 is 12.2. The van der Waals surface area contributed by atoms with Crippen LogP contribution in [0.15, 0.2) is 65.0 Å². The number of amides is 1. The summed E-state index contributed by atoms with van der Waals surface area (Å²) < 4.78 is 19.4. The van der Waals surface area contributed by atoms with Crippen LogP contribution in [0.1, 0.15) is 103 Å². The Morgan fingerprint density at radius 2 is 1.85 bits per heavy atom. The van der Waals surface area contributed by atoms with E-state index in [0.717, 1.165) is 12.0 Å². The van der Waals surface area contributed by atoms with Crippen molar-refractivity contribution in [2.75, 3.05) is 0 Å². The number of allylic oxidation sites excluding steroid dienone is 5. The number of ether oxygens (including phenoxy) is 3. The van der Waals surface area contributed by atoms with Crippen molar-refractivity contribution < 1.29 is 48.7 Å². The van der Waals surface area contributed by atoms with Crippen molar-refractivity contribution in [2.24, 2.45) is 40.4 Å². The molecule has 1 amide bonds. The van der Waals surface area contributed by atoms with Crippen molar-refractivity contribution in [3.8, 4) is 0 Å². The minimum absolute atomic E-state index is 0.0225. The standard InChI is InChI=1S/C45H56Cl2N2O10/c1-7-25-20-45-39(52)34(42(56)59-45)38(51)44(8-2)26(12-10-9-11-22(3)19-43(45,6)21-28(25)41(54)55)14-15-27-29(44)16-13-23(4)37(27)58-33-18-31(50)35(24(5)57-33)49-40(53)36-30(46)17-32(47)48-36/h9-10,14-15,17,19,21,23-27,29,31,33,35,37,48,50-51H,7-8,11-13,16,18,20H2,1-6H3,(H,49,53)(H,54,55)/b10-9+,22-19+,38-34+/t23-,24+,25-,26+,27-,29+,31+,33-,35+,37-,43-,44+,45+/m0/s1. The molecule has 14 heteroatoms. The summed E-state index contributed by atoms with van der Waals surface area (Å²) in [6.45, 7) is 11.4. The number of aliphatic carboxylic acids is 1. The lowest BCUT2D eigenvalue weighted by atomic mass is 9.51. The molecule has 1 aromatic heterocycles. The molecule has 3 fully saturated rings. The van der Waals surface area contributed by atoms with Crippen LogP contribution in [-0.4, -0.2) is 80.2 Å². The van der Waals surface area contributed by atoms with Crippen molar-refractivity contribution in [1.29, 1.82) is 0 Å². The first kappa shape index (κ1) is 43.4. The third-order valence-corrected chi connectivity index (χ3v) is 14.9. The number of fused-ring (bicyclic) bond motifs is 4. The number of hydrogen-bond donors (Lipinski definition) is 5. The summed E-state index contributed by atoms with van der Waals surface area (Å²) in [5.41, 5.74) is -3.32. The molecule has 1 aromatic rings. The number of aliphatic hydroxyl groups is 2. The molecule has 0 unspecified atom stereocenters. The van der Waals surface area contributed by atoms with Gasteiger partial charge in [0.05, 0.1) is 34.8 Å². The van der Waals surface area contributed by atoms with Crippen LogP contribution in [0.25, 0.3) is 0 Å². The Hall–Kier alpha value is -3.68. The van der Waals surface area contributed by atoms with E-state index in [1.807, 2.05) is 26.8 Å². The normalized spacial score (nSPS) is 42.3. The van der Waals surface area contributed by atoms with E-state index in [1.54, 1.807) is 19.9 Å². The van der Waals surface area contributed by atoms with Gasteiger partial charge in [-0.1, -0.05) is 86.0 Å². The maximum atomic E-state index is 15.2. The van der Waals surface area contributed by atoms with Crippen LogP contribution in [-0.2, 0) is 28.6 Å². The zero-order valence-corrected chi connectivity index (χ0v) is 35.9. The summed E-state index contributed by atoms with van der Waals surface area (Å²) in [4.78, 5) is 57.7. The van der Waals surface area contributed by atoms with Gasteiger partial charge in [0.25, 0.3) is 5.91 Å². The predicted octanol–water partition coefficient (Wildman–Crippen LogP) is 7.97. The number of aliphatic hydroxyl groups excluding tert-OH is 2. The first-order valence-electron chi connectivity index (χ1n) is 20.9. The van der Waals surface area contributed by atoms with Gasteiger partial charge in [0.1, 0.15) is 22.2 Å². The number of Topliss-reactive ketones (excluding diaryl/α,β-unsaturated/α-hetero) is 1. The summed E-state index contributed by atoms with van der Waals surface area (Å²) in [6, 6.07) is 0.664. The van der Waals surface area contributed by atoms with Gasteiger partial charge in [-0.25, -0.2) is 9.59 Å². The number of hydrogen-bond acceptors (Lipinski definition) is 9. The van der Waals surface area contributed by atoms with Crippen molar-refractivity contribution in [2.45, 2.75) is 129 Å². The smallest absolute Gasteiger partial charge is 0.346 e. The van der Waals surface area contributed by atoms with E-state index < -0.39 is 76.6 Å². The van der Waals surface area contributed by atoms with Gasteiger partial charge in [-0.3, -0.25) is 9.59 Å². The summed E-state index contributed by atoms with van der Waals surface area (Å²) in [7, 11) is 0. The highest BCUT2D eigenvalue weighted by Crippen LogP contribution is 2.61. The van der Waals surface area contributed by atoms with Crippen molar-refractivity contribution in [1.82, 2.24) is 10.3 Å². The summed E-state index contributed by atoms with van der Waals surface area (Å²) in [5, 5.41) is 37.6. The van der Waals surface area contributed by atoms with Crippen LogP contribution in [0.3, 0.4) is 0 Å². The fourth-order valence-corrected chi connectivity index (χ4v) is 11.9. The first-order valence-corrected chi connectivity index (χ1v) is 21.7. The average Bonchev–Trinajstić information content (AvgIpc) is 3.65. The number of carbonyl (C=O) groups excluding carboxylic acids is 3. The third kappa shape index (κ3) is 7.24. The molecule has 6 aliphatic rings. The van der Waals surface area contributed by atoms with Gasteiger partial charge in [0, 0.05) is 29.7 Å². The minimum atomic E-state index is -1.75. The van der Waals surface area contributed by atoms with Crippen molar-refractivity contribution in [3.63, 3.8) is 0 Å². The summed E-state index contributed by atoms with van der Waals surface area (Å²) in [5.74, 6) is -4.71. The second kappa shape index (κ2) is 16.3. The van der Waals surface area contributed by atoms with Crippen LogP contribution in [0, 0.1) is 40.4 Å². The molecule has 4 aliphatic carbocycles. The monoisotopic (exact) mass is 854 g/mol. The Labute approximate surface area is 355 Å². The fourth-order valence-electron chi connectivity index (χ4n) is 11.4. The second-order valence-electron chi connectivity index (χ2n) is 17.8. The number of carboxylic acid groups (broad SMARTS) is 1. The Kier molecular flexibility index (Phi) is 12.0. The van der Waals surface area contributed by atoms with E-state index in [4.69, 9.17) is 37.4 Å². The molecule has 2 saturated heterocycles. The molecule has 3 heterocycles. The maximum absolute atomic E-state index is 15.2. The molecule has 0 aromatic carbocycles. The van der Waals surface area contributed by atoms with Crippen molar-refractivity contribution in [3.05, 3.63) is 80.9 Å². The van der Waals surface area contributed by atoms with Gasteiger partial charge < -0.3 is 39.8 Å². The second-order valence-corrected chi connectivity index (χ2v) is 18.6. The van der Waals surface area contributed by atoms with E-state index in [9.17, 15) is 29.7 Å². The number of rotatable bonds is 7. The molecule has 0 radical (unpaired) electrons. The SMILES string of the molecule is CC[C@H]1C[C@]23OC(=O)/C(=C(/O)[C@@]4(CC)[C@@H]5CC[C@H](C)[C@H](O[C@H]6C[C@@H](O)[C@H](NC(=O)c7[nH]c(Cl)cc7Cl)[C@@H](C)O6)[C@H]5C=C[C@H]4C/C=C/C/C(C)=C/[C@@]2(C)C=C1C(=O)O)C3=O. The van der Waals surface area contributed by atoms with E-state index >= 15 is 4.79 Å². The Balaban J connectivity index is 1.23. The Morgan fingerprint density at radius 1 is 1.10 bits per heavy atom. The van der Waals surface area contributed by atoms with Crippen LogP contribution in [0.4, 0.5) is 0 Å². The molecule has 5 N–H and O–H groups in total. The van der Waals surface area contributed by atoms with Crippen LogP contribution in [0.2, 0.25) is 10.2 Å². The van der Waals surface area contributed by atoms with Crippen LogP contribution < -0.4 is 5.32 Å². The predicted molar refractivity (Wildman–Crippen MR) is 220 cm³/mol. The Morgan fingerprint density at radius 3 is 2.49 bits per heavy atom. The molecule has 7 rings (SSSR count). The van der Waals surface area contributed by atoms with Gasteiger partial charge >= 0.3 is 11.9 Å². The van der Waals surface area contributed by atoms with Gasteiger partial charge in [-0.2, -0.15) is 0 Å². The highest BCUT2D eigenvalue weighted by atomic mass is 35.5. The average molecular weight is 856 g/mol. The number of aromatic nitrogens is 1. The summed E-state index contributed by atoms with van der Waals surface area (Å²) in [6.07, 6.45) is 12.3. The van der Waals surface area contributed by atoms with Crippen molar-refractivity contribution >= 4 is 46.8 Å². The van der Waals surface area contributed by atoms with Gasteiger partial charge in [0.15, 0.2) is 11.9 Å². The number of aromatic amines is 1. The quantitative estimate of drug-likeness (QED) is 0.102. The van der Waals surface area contributed by atoms with Crippen LogP contribution in [0.5, 0.6) is 0 Å². The fraction of sp³-hybridized carbons (Fsp3) is 0.600. The lowest BCUT2D eigenvalue weighted by molar-refractivity contribution is -0.258. The number of ketones is 1. The number of halogens is 2. The largest absolute Gasteiger partial charge is 0.511 e. The molecule has 13 atom stereocenters.